The summed E-state index contributed by atoms with van der Waals surface area (Å²) in [5.41, 5.74) is -1.36. The van der Waals surface area contributed by atoms with E-state index >= 15 is 0 Å². The Morgan fingerprint density at radius 1 is 1.19 bits per heavy atom. The topological polar surface area (TPSA) is 184 Å². The van der Waals surface area contributed by atoms with Crippen LogP contribution in [-0.2, 0) is 20.9 Å². The van der Waals surface area contributed by atoms with Gasteiger partial charge in [-0.3, -0.25) is 24.3 Å². The highest BCUT2D eigenvalue weighted by molar-refractivity contribution is 6.60. The van der Waals surface area contributed by atoms with E-state index in [0.29, 0.717) is 31.9 Å². The summed E-state index contributed by atoms with van der Waals surface area (Å²) in [5, 5.41) is 17.9. The lowest BCUT2D eigenvalue weighted by Gasteiger charge is -2.35. The number of hydrazone groups is 1. The van der Waals surface area contributed by atoms with Crippen molar-refractivity contribution in [3.63, 3.8) is 0 Å². The van der Waals surface area contributed by atoms with Crippen LogP contribution < -0.4 is 22.0 Å². The summed E-state index contributed by atoms with van der Waals surface area (Å²) < 4.78 is 21.1. The number of aliphatic hydroxyl groups is 1. The fourth-order valence-corrected chi connectivity index (χ4v) is 3.83. The van der Waals surface area contributed by atoms with Crippen molar-refractivity contribution in [2.75, 3.05) is 57.7 Å². The molecule has 1 fully saturated rings. The largest absolute Gasteiger partial charge is 0.444 e. The van der Waals surface area contributed by atoms with E-state index in [9.17, 15) is 28.7 Å². The van der Waals surface area contributed by atoms with E-state index in [1.165, 1.54) is 16.8 Å². The number of rotatable bonds is 13. The summed E-state index contributed by atoms with van der Waals surface area (Å²) in [5.74, 6) is 4.35. The van der Waals surface area contributed by atoms with Crippen LogP contribution in [0.15, 0.2) is 33.2 Å². The molecule has 0 radical (unpaired) electrons. The van der Waals surface area contributed by atoms with Crippen LogP contribution >= 0.6 is 0 Å². The Morgan fingerprint density at radius 3 is 2.44 bits per heavy atom. The molecule has 0 aromatic carbocycles. The molecule has 240 valence electrons. The zero-order valence-corrected chi connectivity index (χ0v) is 25.6. The zero-order valence-electron chi connectivity index (χ0n) is 25.6. The number of amides is 3. The molecule has 5 N–H and O–H groups in total. The number of alkyl halides is 1. The maximum absolute atomic E-state index is 14.4. The number of ether oxygens (including phenoxy) is 1. The normalized spacial score (nSPS) is 15.8. The summed E-state index contributed by atoms with van der Waals surface area (Å²) >= 11 is 0. The minimum atomic E-state index is -1.39. The second kappa shape index (κ2) is 16.1. The van der Waals surface area contributed by atoms with Gasteiger partial charge in [-0.2, -0.15) is 5.10 Å². The van der Waals surface area contributed by atoms with Crippen LogP contribution in [0.2, 0.25) is 0 Å². The molecule has 3 amide bonds. The van der Waals surface area contributed by atoms with E-state index in [0.717, 1.165) is 6.21 Å². The second-order valence-corrected chi connectivity index (χ2v) is 12.1. The number of carbonyl (C=O) groups excluding carboxylic acids is 3. The lowest BCUT2D eigenvalue weighted by Crippen LogP contribution is -2.51. The van der Waals surface area contributed by atoms with Gasteiger partial charge in [0.2, 0.25) is 5.91 Å². The molecule has 14 nitrogen and oxygen atoms in total. The fraction of sp³-hybridized carbons (Fsp3) is 0.643. The van der Waals surface area contributed by atoms with Crippen LogP contribution in [0.25, 0.3) is 0 Å². The Morgan fingerprint density at radius 2 is 1.86 bits per heavy atom. The van der Waals surface area contributed by atoms with Gasteiger partial charge in [-0.05, 0) is 33.3 Å². The maximum atomic E-state index is 14.4. The van der Waals surface area contributed by atoms with Crippen molar-refractivity contribution in [1.82, 2.24) is 19.7 Å². The molecule has 0 aliphatic carbocycles. The molecule has 1 aromatic heterocycles. The van der Waals surface area contributed by atoms with Crippen molar-refractivity contribution in [2.45, 2.75) is 59.4 Å². The molecule has 1 unspecified atom stereocenters. The summed E-state index contributed by atoms with van der Waals surface area (Å²) in [6, 6.07) is 2.83. The molecule has 0 bridgehead atoms. The third kappa shape index (κ3) is 12.9. The maximum Gasteiger partial charge on any atom is 0.410 e. The van der Waals surface area contributed by atoms with Gasteiger partial charge >= 0.3 is 6.09 Å². The highest BCUT2D eigenvalue weighted by atomic mass is 19.1. The molecule has 1 aliphatic heterocycles. The number of piperazine rings is 1. The molecule has 1 aromatic rings. The molecule has 43 heavy (non-hydrogen) atoms. The molecule has 15 heteroatoms. The minimum absolute atomic E-state index is 0.00971. The molecule has 0 saturated carbocycles. The lowest BCUT2D eigenvalue weighted by atomic mass is 9.95. The average molecular weight is 609 g/mol. The number of nitrogens with one attached hydrogen (secondary N) is 2. The van der Waals surface area contributed by atoms with Crippen molar-refractivity contribution < 1.29 is 28.6 Å². The first kappa shape index (κ1) is 35.3. The number of aliphatic imine (C=N–C) groups is 1. The monoisotopic (exact) mass is 608 g/mol. The standard InChI is InChI=1S/C28H45FN8O6/c1-27(2,3)43-26(42)37-12-10-35(11-13-37)17-23(39)33-21-7-9-36(24(40)14-21)8-6-20(29)15-31-16-22(34-30)25(41)32-18-28(4,5)19-38/h7,9,14,16,20,38H,6,8,10-13,15,17-19,30H2,1-5H3,(H,32,41)(H,33,39). The van der Waals surface area contributed by atoms with E-state index < -0.39 is 28.7 Å². The number of hydrogen-bond donors (Lipinski definition) is 4. The van der Waals surface area contributed by atoms with Gasteiger partial charge in [0.1, 0.15) is 11.8 Å². The van der Waals surface area contributed by atoms with Gasteiger partial charge in [-0.15, -0.1) is 0 Å². The highest BCUT2D eigenvalue weighted by Crippen LogP contribution is 2.13. The van der Waals surface area contributed by atoms with Crippen molar-refractivity contribution in [3.8, 4) is 0 Å². The molecule has 1 atom stereocenters. The van der Waals surface area contributed by atoms with Gasteiger partial charge in [0.05, 0.1) is 19.3 Å². The van der Waals surface area contributed by atoms with E-state index in [1.54, 1.807) is 24.8 Å². The molecular weight excluding hydrogens is 563 g/mol. The molecular formula is C28H45FN8O6. The van der Waals surface area contributed by atoms with E-state index in [2.05, 4.69) is 20.7 Å². The van der Waals surface area contributed by atoms with Crippen LogP contribution in [-0.4, -0.2) is 114 Å². The van der Waals surface area contributed by atoms with Gasteiger partial charge in [0, 0.05) is 69.2 Å². The number of carbonyl (C=O) groups is 3. The number of aromatic nitrogens is 1. The first-order valence-corrected chi connectivity index (χ1v) is 14.1. The number of hydrogen-bond acceptors (Lipinski definition) is 10. The average Bonchev–Trinajstić information content (AvgIpc) is 2.93. The number of pyridine rings is 1. The van der Waals surface area contributed by atoms with Gasteiger partial charge in [-0.25, -0.2) is 9.18 Å². The molecule has 1 aliphatic rings. The SMILES string of the molecule is CC(C)(CO)CNC(=O)C(C=NCC(F)CCn1ccc(NC(=O)CN2CCN(C(=O)OC(C)(C)C)CC2)cc1=O)=NN. The van der Waals surface area contributed by atoms with Crippen LogP contribution in [0, 0.1) is 5.41 Å². The Kier molecular flexibility index (Phi) is 13.3. The second-order valence-electron chi connectivity index (χ2n) is 12.1. The predicted molar refractivity (Wildman–Crippen MR) is 162 cm³/mol. The smallest absolute Gasteiger partial charge is 0.410 e. The number of aryl methyl sites for hydroxylation is 1. The predicted octanol–water partition coefficient (Wildman–Crippen LogP) is 0.588. The Hall–Kier alpha value is -3.85. The van der Waals surface area contributed by atoms with Gasteiger partial charge < -0.3 is 35.8 Å². The van der Waals surface area contributed by atoms with Crippen molar-refractivity contribution in [2.24, 2.45) is 21.4 Å². The van der Waals surface area contributed by atoms with Crippen molar-refractivity contribution in [1.29, 1.82) is 0 Å². The summed E-state index contributed by atoms with van der Waals surface area (Å²) in [6.45, 7) is 10.9. The van der Waals surface area contributed by atoms with Gasteiger partial charge in [0.25, 0.3) is 11.5 Å². The van der Waals surface area contributed by atoms with Gasteiger partial charge in [-0.1, -0.05) is 13.8 Å². The Balaban J connectivity index is 1.76. The van der Waals surface area contributed by atoms with Gasteiger partial charge in [0.15, 0.2) is 5.71 Å². The number of nitrogens with zero attached hydrogens (tertiary/aromatic N) is 5. The van der Waals surface area contributed by atoms with Crippen molar-refractivity contribution in [3.05, 3.63) is 28.7 Å². The summed E-state index contributed by atoms with van der Waals surface area (Å²) in [6.07, 6.45) is 0.778. The first-order valence-electron chi connectivity index (χ1n) is 14.1. The number of anilines is 1. The third-order valence-electron chi connectivity index (χ3n) is 6.40. The summed E-state index contributed by atoms with van der Waals surface area (Å²) in [7, 11) is 0. The van der Waals surface area contributed by atoms with Crippen LogP contribution in [0.3, 0.4) is 0 Å². The zero-order chi connectivity index (χ0) is 32.2. The van der Waals surface area contributed by atoms with Crippen LogP contribution in [0.1, 0.15) is 41.0 Å². The van der Waals surface area contributed by atoms with E-state index in [-0.39, 0.29) is 56.9 Å². The minimum Gasteiger partial charge on any atom is -0.444 e. The molecule has 2 rings (SSSR count). The summed E-state index contributed by atoms with van der Waals surface area (Å²) in [4.78, 5) is 56.8. The van der Waals surface area contributed by atoms with Crippen LogP contribution in [0.4, 0.5) is 14.9 Å². The number of aliphatic hydroxyl groups excluding tert-OH is 1. The van der Waals surface area contributed by atoms with Crippen LogP contribution in [0.5, 0.6) is 0 Å². The Bertz CT molecular complexity index is 1220. The number of halogens is 1. The quantitative estimate of drug-likeness (QED) is 0.142. The third-order valence-corrected chi connectivity index (χ3v) is 6.40. The van der Waals surface area contributed by atoms with E-state index in [4.69, 9.17) is 10.6 Å². The van der Waals surface area contributed by atoms with Crippen molar-refractivity contribution >= 4 is 35.5 Å². The molecule has 0 spiro atoms. The number of nitrogens with two attached hydrogens (primary N) is 1. The first-order chi connectivity index (χ1) is 20.1. The van der Waals surface area contributed by atoms with E-state index in [1.807, 2.05) is 25.7 Å². The highest BCUT2D eigenvalue weighted by Gasteiger charge is 2.26. The lowest BCUT2D eigenvalue weighted by molar-refractivity contribution is -0.117. The Labute approximate surface area is 251 Å². The molecule has 1 saturated heterocycles. The molecule has 2 heterocycles. The fourth-order valence-electron chi connectivity index (χ4n) is 3.83.